The van der Waals surface area contributed by atoms with Crippen LogP contribution in [0.3, 0.4) is 0 Å². The Bertz CT molecular complexity index is 1110. The van der Waals surface area contributed by atoms with Gasteiger partial charge < -0.3 is 20.5 Å². The Hall–Kier alpha value is -3.44. The molecule has 11 heteroatoms. The number of hydrogen-bond acceptors (Lipinski definition) is 6. The molecule has 0 aliphatic heterocycles. The summed E-state index contributed by atoms with van der Waals surface area (Å²) in [6, 6.07) is 5.55. The number of ether oxygens (including phenoxy) is 1. The number of rotatable bonds is 6. The smallest absolute Gasteiger partial charge is 0.319 e. The van der Waals surface area contributed by atoms with Crippen LogP contribution in [-0.2, 0) is 11.3 Å². The number of nitrogens with zero attached hydrogens (tertiary/aromatic N) is 4. The van der Waals surface area contributed by atoms with Crippen molar-refractivity contribution in [2.75, 3.05) is 12.4 Å². The minimum Gasteiger partial charge on any atom is -0.391 e. The number of anilines is 1. The van der Waals surface area contributed by atoms with Crippen LogP contribution in [0.4, 0.5) is 19.3 Å². The first-order valence-electron chi connectivity index (χ1n) is 10.5. The van der Waals surface area contributed by atoms with Crippen molar-refractivity contribution in [1.82, 2.24) is 25.1 Å². The Labute approximate surface area is 188 Å². The van der Waals surface area contributed by atoms with Gasteiger partial charge in [0.05, 0.1) is 24.0 Å². The van der Waals surface area contributed by atoms with Crippen LogP contribution < -0.4 is 10.6 Å². The number of pyridine rings is 1. The lowest BCUT2D eigenvalue weighted by molar-refractivity contribution is 0.0864. The predicted octanol–water partition coefficient (Wildman–Crippen LogP) is 2.91. The third kappa shape index (κ3) is 5.32. The van der Waals surface area contributed by atoms with Gasteiger partial charge in [0.2, 0.25) is 0 Å². The normalized spacial score (nSPS) is 20.4. The van der Waals surface area contributed by atoms with Gasteiger partial charge in [0.25, 0.3) is 0 Å². The molecule has 3 atom stereocenters. The van der Waals surface area contributed by atoms with E-state index in [4.69, 9.17) is 4.74 Å². The lowest BCUT2D eigenvalue weighted by atomic mass is 9.83. The van der Waals surface area contributed by atoms with Crippen LogP contribution in [0.2, 0.25) is 0 Å². The molecule has 1 fully saturated rings. The maximum Gasteiger partial charge on any atom is 0.319 e. The monoisotopic (exact) mass is 458 g/mol. The summed E-state index contributed by atoms with van der Waals surface area (Å²) in [6.45, 7) is 0.244. The molecule has 9 nitrogen and oxygen atoms in total. The van der Waals surface area contributed by atoms with Crippen molar-refractivity contribution < 1.29 is 23.4 Å². The molecular weight excluding hydrogens is 434 g/mol. The van der Waals surface area contributed by atoms with Crippen molar-refractivity contribution in [3.05, 3.63) is 66.0 Å². The van der Waals surface area contributed by atoms with E-state index in [-0.39, 0.29) is 18.2 Å². The number of benzene rings is 1. The van der Waals surface area contributed by atoms with Gasteiger partial charge in [-0.25, -0.2) is 23.2 Å². The molecule has 2 amide bonds. The summed E-state index contributed by atoms with van der Waals surface area (Å²) < 4.78 is 33.4. The zero-order chi connectivity index (χ0) is 23.4. The van der Waals surface area contributed by atoms with Crippen LogP contribution in [-0.4, -0.2) is 50.1 Å². The third-order valence-electron chi connectivity index (χ3n) is 5.51. The minimum absolute atomic E-state index is 0.0970. The molecule has 3 aromatic rings. The molecule has 1 saturated carbocycles. The highest BCUT2D eigenvalue weighted by Gasteiger charge is 2.34. The summed E-state index contributed by atoms with van der Waals surface area (Å²) in [6.07, 6.45) is 4.09. The molecule has 1 aliphatic carbocycles. The third-order valence-corrected chi connectivity index (χ3v) is 5.51. The second-order valence-corrected chi connectivity index (χ2v) is 7.85. The van der Waals surface area contributed by atoms with Gasteiger partial charge >= 0.3 is 6.03 Å². The first kappa shape index (κ1) is 22.7. The molecule has 2 heterocycles. The second-order valence-electron chi connectivity index (χ2n) is 7.85. The molecule has 2 aromatic heterocycles. The van der Waals surface area contributed by atoms with Gasteiger partial charge in [-0.3, -0.25) is 4.98 Å². The number of nitrogens with one attached hydrogen (secondary N) is 2. The van der Waals surface area contributed by atoms with E-state index >= 15 is 0 Å². The first-order chi connectivity index (χ1) is 15.9. The maximum absolute atomic E-state index is 13.4. The summed E-state index contributed by atoms with van der Waals surface area (Å²) in [4.78, 5) is 21.2. The molecule has 0 bridgehead atoms. The Balaban J connectivity index is 1.50. The van der Waals surface area contributed by atoms with Gasteiger partial charge in [-0.15, -0.1) is 5.10 Å². The average molecular weight is 458 g/mol. The van der Waals surface area contributed by atoms with Crippen molar-refractivity contribution in [2.45, 2.75) is 43.9 Å². The molecule has 3 N–H and O–H groups in total. The number of methoxy groups -OCH3 is 1. The first-order valence-corrected chi connectivity index (χ1v) is 10.5. The minimum atomic E-state index is -1.06. The molecule has 0 radical (unpaired) electrons. The van der Waals surface area contributed by atoms with Crippen LogP contribution in [0.1, 0.15) is 36.8 Å². The fourth-order valence-corrected chi connectivity index (χ4v) is 3.95. The fourth-order valence-electron chi connectivity index (χ4n) is 3.95. The quantitative estimate of drug-likeness (QED) is 0.523. The summed E-state index contributed by atoms with van der Waals surface area (Å²) in [5.74, 6) is -0.956. The van der Waals surface area contributed by atoms with E-state index in [9.17, 15) is 18.7 Å². The lowest BCUT2D eigenvalue weighted by Gasteiger charge is -2.33. The van der Waals surface area contributed by atoms with Gasteiger partial charge in [-0.05, 0) is 43.5 Å². The number of aliphatic hydroxyl groups excluding tert-OH is 1. The molecule has 0 unspecified atom stereocenters. The summed E-state index contributed by atoms with van der Waals surface area (Å²) in [5, 5.41) is 20.2. The SMILES string of the molecule is COCc1nc([C@H]2CC[C@@H](O)[C@H](NC(=O)Nc3ccc(F)c(F)c3)C2)n(-c2cccnc2)n1. The highest BCUT2D eigenvalue weighted by Crippen LogP contribution is 2.33. The largest absolute Gasteiger partial charge is 0.391 e. The molecule has 1 aliphatic rings. The topological polar surface area (TPSA) is 114 Å². The zero-order valence-corrected chi connectivity index (χ0v) is 17.9. The predicted molar refractivity (Wildman–Crippen MR) is 115 cm³/mol. The van der Waals surface area contributed by atoms with E-state index < -0.39 is 29.8 Å². The standard InChI is InChI=1S/C22H24F2N6O3/c1-33-12-20-28-21(30(29-20)15-3-2-8-25-11-15)13-4-7-19(31)18(9-13)27-22(32)26-14-5-6-16(23)17(24)10-14/h2-3,5-6,8,10-11,13,18-19,31H,4,7,9,12H2,1H3,(H2,26,27,32)/t13-,18+,19+/m0/s1. The van der Waals surface area contributed by atoms with Crippen molar-refractivity contribution in [3.8, 4) is 5.69 Å². The number of halogens is 2. The molecule has 174 valence electrons. The van der Waals surface area contributed by atoms with E-state index in [0.717, 1.165) is 17.8 Å². The van der Waals surface area contributed by atoms with Gasteiger partial charge in [0.15, 0.2) is 17.5 Å². The number of hydrogen-bond donors (Lipinski definition) is 3. The van der Waals surface area contributed by atoms with Gasteiger partial charge in [0, 0.05) is 31.0 Å². The van der Waals surface area contributed by atoms with E-state index in [0.29, 0.717) is 30.9 Å². The van der Waals surface area contributed by atoms with E-state index in [2.05, 4.69) is 25.7 Å². The molecule has 0 saturated heterocycles. The molecule has 0 spiro atoms. The molecule has 4 rings (SSSR count). The van der Waals surface area contributed by atoms with Crippen LogP contribution in [0, 0.1) is 11.6 Å². The number of carbonyl (C=O) groups is 1. The van der Waals surface area contributed by atoms with Gasteiger partial charge in [0.1, 0.15) is 12.4 Å². The van der Waals surface area contributed by atoms with Crippen molar-refractivity contribution in [2.24, 2.45) is 0 Å². The Morgan fingerprint density at radius 1 is 1.27 bits per heavy atom. The molecule has 1 aromatic carbocycles. The second kappa shape index (κ2) is 10.0. The Kier molecular flexibility index (Phi) is 6.90. The van der Waals surface area contributed by atoms with Crippen molar-refractivity contribution in [1.29, 1.82) is 0 Å². The zero-order valence-electron chi connectivity index (χ0n) is 17.9. The lowest BCUT2D eigenvalue weighted by Crippen LogP contribution is -2.48. The van der Waals surface area contributed by atoms with E-state index in [1.54, 1.807) is 30.3 Å². The van der Waals surface area contributed by atoms with Crippen LogP contribution in [0.25, 0.3) is 5.69 Å². The highest BCUT2D eigenvalue weighted by atomic mass is 19.2. The number of aromatic nitrogens is 4. The highest BCUT2D eigenvalue weighted by molar-refractivity contribution is 5.89. The maximum atomic E-state index is 13.4. The Morgan fingerprint density at radius 2 is 2.12 bits per heavy atom. The van der Waals surface area contributed by atoms with Crippen LogP contribution in [0.5, 0.6) is 0 Å². The van der Waals surface area contributed by atoms with Crippen molar-refractivity contribution in [3.63, 3.8) is 0 Å². The summed E-state index contributed by atoms with van der Waals surface area (Å²) in [5.41, 5.74) is 0.850. The molecular formula is C22H24F2N6O3. The van der Waals surface area contributed by atoms with Gasteiger partial charge in [-0.1, -0.05) is 0 Å². The van der Waals surface area contributed by atoms with Crippen LogP contribution in [0.15, 0.2) is 42.7 Å². The summed E-state index contributed by atoms with van der Waals surface area (Å²) in [7, 11) is 1.56. The number of amides is 2. The number of carbonyl (C=O) groups excluding carboxylic acids is 1. The van der Waals surface area contributed by atoms with E-state index in [1.165, 1.54) is 6.07 Å². The number of aliphatic hydroxyl groups is 1. The molecule has 33 heavy (non-hydrogen) atoms. The Morgan fingerprint density at radius 3 is 2.85 bits per heavy atom. The fraction of sp³-hybridized carbons (Fsp3) is 0.364. The van der Waals surface area contributed by atoms with Gasteiger partial charge in [-0.2, -0.15) is 0 Å². The van der Waals surface area contributed by atoms with Crippen molar-refractivity contribution >= 4 is 11.7 Å². The summed E-state index contributed by atoms with van der Waals surface area (Å²) >= 11 is 0. The van der Waals surface area contributed by atoms with Crippen LogP contribution >= 0.6 is 0 Å². The van der Waals surface area contributed by atoms with E-state index in [1.807, 2.05) is 6.07 Å². The number of urea groups is 1. The average Bonchev–Trinajstić information content (AvgIpc) is 3.22.